The standard InChI is InChI=1S/C13H10N2O2S/c1-8-10(7-14)15-13(18-8)9-2-3-11-12(6-9)17-5-4-16-11/h2-3,6H,4-5H2,1H3. The lowest BCUT2D eigenvalue weighted by atomic mass is 10.2. The summed E-state index contributed by atoms with van der Waals surface area (Å²) in [6, 6.07) is 7.82. The molecule has 0 atom stereocenters. The lowest BCUT2D eigenvalue weighted by Gasteiger charge is -2.18. The molecule has 0 saturated carbocycles. The molecule has 0 bridgehead atoms. The molecule has 0 aliphatic carbocycles. The first kappa shape index (κ1) is 11.1. The van der Waals surface area contributed by atoms with Gasteiger partial charge in [0.1, 0.15) is 24.3 Å². The minimum absolute atomic E-state index is 0.491. The Morgan fingerprint density at radius 2 is 2.06 bits per heavy atom. The predicted octanol–water partition coefficient (Wildman–Crippen LogP) is 2.76. The first-order valence-corrected chi connectivity index (χ1v) is 6.37. The minimum atomic E-state index is 0.491. The fraction of sp³-hybridized carbons (Fsp3) is 0.231. The summed E-state index contributed by atoms with van der Waals surface area (Å²) in [7, 11) is 0. The lowest BCUT2D eigenvalue weighted by molar-refractivity contribution is 0.171. The van der Waals surface area contributed by atoms with Crippen LogP contribution in [0.4, 0.5) is 0 Å². The first-order valence-electron chi connectivity index (χ1n) is 5.55. The number of ether oxygens (including phenoxy) is 2. The van der Waals surface area contributed by atoms with E-state index in [9.17, 15) is 0 Å². The zero-order valence-electron chi connectivity index (χ0n) is 9.77. The molecule has 1 aromatic heterocycles. The van der Waals surface area contributed by atoms with Crippen LogP contribution in [0.3, 0.4) is 0 Å². The Kier molecular flexibility index (Phi) is 2.65. The van der Waals surface area contributed by atoms with Crippen LogP contribution in [0.15, 0.2) is 18.2 Å². The maximum atomic E-state index is 8.92. The van der Waals surface area contributed by atoms with E-state index in [1.807, 2.05) is 25.1 Å². The van der Waals surface area contributed by atoms with Crippen LogP contribution in [0, 0.1) is 18.3 Å². The van der Waals surface area contributed by atoms with Gasteiger partial charge in [-0.1, -0.05) is 0 Å². The van der Waals surface area contributed by atoms with Crippen LogP contribution in [0.1, 0.15) is 10.6 Å². The van der Waals surface area contributed by atoms with Crippen molar-refractivity contribution >= 4 is 11.3 Å². The molecule has 0 fully saturated rings. The van der Waals surface area contributed by atoms with Crippen LogP contribution >= 0.6 is 11.3 Å². The highest BCUT2D eigenvalue weighted by Gasteiger charge is 2.15. The highest BCUT2D eigenvalue weighted by atomic mass is 32.1. The predicted molar refractivity (Wildman–Crippen MR) is 68.0 cm³/mol. The summed E-state index contributed by atoms with van der Waals surface area (Å²) in [4.78, 5) is 5.24. The fourth-order valence-electron chi connectivity index (χ4n) is 1.80. The summed E-state index contributed by atoms with van der Waals surface area (Å²) in [6.45, 7) is 3.05. The number of hydrogen-bond donors (Lipinski definition) is 0. The molecule has 18 heavy (non-hydrogen) atoms. The molecule has 0 unspecified atom stereocenters. The molecule has 0 saturated heterocycles. The van der Waals surface area contributed by atoms with Gasteiger partial charge in [-0.15, -0.1) is 11.3 Å². The molecule has 5 heteroatoms. The van der Waals surface area contributed by atoms with E-state index >= 15 is 0 Å². The van der Waals surface area contributed by atoms with Gasteiger partial charge >= 0.3 is 0 Å². The summed E-state index contributed by atoms with van der Waals surface area (Å²) in [6.07, 6.45) is 0. The average molecular weight is 258 g/mol. The second-order valence-electron chi connectivity index (χ2n) is 3.89. The SMILES string of the molecule is Cc1sc(-c2ccc3c(c2)OCCO3)nc1C#N. The molecule has 0 N–H and O–H groups in total. The second kappa shape index (κ2) is 4.31. The molecule has 0 radical (unpaired) electrons. The number of nitriles is 1. The Morgan fingerprint density at radius 3 is 2.78 bits per heavy atom. The summed E-state index contributed by atoms with van der Waals surface area (Å²) in [5.74, 6) is 1.50. The van der Waals surface area contributed by atoms with Crippen molar-refractivity contribution in [2.75, 3.05) is 13.2 Å². The molecule has 1 aliphatic rings. The number of aromatic nitrogens is 1. The van der Waals surface area contributed by atoms with Gasteiger partial charge in [-0.25, -0.2) is 4.98 Å². The van der Waals surface area contributed by atoms with E-state index in [1.165, 1.54) is 11.3 Å². The van der Waals surface area contributed by atoms with Gasteiger partial charge in [0, 0.05) is 10.4 Å². The van der Waals surface area contributed by atoms with Crippen molar-refractivity contribution in [3.05, 3.63) is 28.8 Å². The number of hydrogen-bond acceptors (Lipinski definition) is 5. The third kappa shape index (κ3) is 1.81. The zero-order valence-corrected chi connectivity index (χ0v) is 10.6. The summed E-state index contributed by atoms with van der Waals surface area (Å²) >= 11 is 1.51. The quantitative estimate of drug-likeness (QED) is 0.789. The summed E-state index contributed by atoms with van der Waals surface area (Å²) < 4.78 is 11.0. The van der Waals surface area contributed by atoms with Crippen LogP contribution in [-0.2, 0) is 0 Å². The van der Waals surface area contributed by atoms with Crippen molar-refractivity contribution in [3.8, 4) is 28.1 Å². The van der Waals surface area contributed by atoms with Gasteiger partial charge in [0.15, 0.2) is 17.2 Å². The van der Waals surface area contributed by atoms with Crippen LogP contribution in [0.5, 0.6) is 11.5 Å². The Labute approximate surface area is 108 Å². The van der Waals surface area contributed by atoms with Crippen LogP contribution in [0.2, 0.25) is 0 Å². The van der Waals surface area contributed by atoms with Gasteiger partial charge in [-0.3, -0.25) is 0 Å². The van der Waals surface area contributed by atoms with Crippen LogP contribution in [0.25, 0.3) is 10.6 Å². The smallest absolute Gasteiger partial charge is 0.162 e. The maximum Gasteiger partial charge on any atom is 0.162 e. The largest absolute Gasteiger partial charge is 0.486 e. The van der Waals surface area contributed by atoms with Gasteiger partial charge in [0.05, 0.1) is 0 Å². The topological polar surface area (TPSA) is 55.1 Å². The van der Waals surface area contributed by atoms with E-state index in [-0.39, 0.29) is 0 Å². The molecular weight excluding hydrogens is 248 g/mol. The Morgan fingerprint density at radius 1 is 1.28 bits per heavy atom. The molecular formula is C13H10N2O2S. The van der Waals surface area contributed by atoms with Crippen molar-refractivity contribution in [1.29, 1.82) is 5.26 Å². The molecule has 2 aromatic rings. The van der Waals surface area contributed by atoms with E-state index in [2.05, 4.69) is 11.1 Å². The highest BCUT2D eigenvalue weighted by Crippen LogP contribution is 2.36. The fourth-order valence-corrected chi connectivity index (χ4v) is 2.66. The van der Waals surface area contributed by atoms with E-state index in [4.69, 9.17) is 14.7 Å². The Bertz CT molecular complexity index is 643. The molecule has 1 aliphatic heterocycles. The maximum absolute atomic E-state index is 8.92. The first-order chi connectivity index (χ1) is 8.78. The molecule has 2 heterocycles. The van der Waals surface area contributed by atoms with Gasteiger partial charge in [-0.2, -0.15) is 5.26 Å². The van der Waals surface area contributed by atoms with Gasteiger partial charge in [0.25, 0.3) is 0 Å². The molecule has 1 aromatic carbocycles. The summed E-state index contributed by atoms with van der Waals surface area (Å²) in [5.41, 5.74) is 1.44. The van der Waals surface area contributed by atoms with Gasteiger partial charge < -0.3 is 9.47 Å². The van der Waals surface area contributed by atoms with Gasteiger partial charge in [0.2, 0.25) is 0 Å². The van der Waals surface area contributed by atoms with Crippen molar-refractivity contribution < 1.29 is 9.47 Å². The minimum Gasteiger partial charge on any atom is -0.486 e. The third-order valence-electron chi connectivity index (χ3n) is 2.69. The molecule has 0 spiro atoms. The van der Waals surface area contributed by atoms with Crippen molar-refractivity contribution in [3.63, 3.8) is 0 Å². The van der Waals surface area contributed by atoms with Crippen molar-refractivity contribution in [2.45, 2.75) is 6.92 Å². The number of fused-ring (bicyclic) bond motifs is 1. The van der Waals surface area contributed by atoms with E-state index < -0.39 is 0 Å². The second-order valence-corrected chi connectivity index (χ2v) is 5.10. The summed E-state index contributed by atoms with van der Waals surface area (Å²) in [5, 5.41) is 9.75. The van der Waals surface area contributed by atoms with Gasteiger partial charge in [-0.05, 0) is 25.1 Å². The van der Waals surface area contributed by atoms with E-state index in [0.29, 0.717) is 18.9 Å². The van der Waals surface area contributed by atoms with E-state index in [0.717, 1.165) is 26.9 Å². The molecule has 3 rings (SSSR count). The highest BCUT2D eigenvalue weighted by molar-refractivity contribution is 7.15. The number of rotatable bonds is 1. The molecule has 4 nitrogen and oxygen atoms in total. The van der Waals surface area contributed by atoms with Crippen molar-refractivity contribution in [1.82, 2.24) is 4.98 Å². The number of thiazole rings is 1. The van der Waals surface area contributed by atoms with Crippen molar-refractivity contribution in [2.24, 2.45) is 0 Å². The normalized spacial score (nSPS) is 13.1. The zero-order chi connectivity index (χ0) is 12.5. The van der Waals surface area contributed by atoms with E-state index in [1.54, 1.807) is 0 Å². The average Bonchev–Trinajstić information content (AvgIpc) is 2.79. The number of benzene rings is 1. The monoisotopic (exact) mass is 258 g/mol. The van der Waals surface area contributed by atoms with Crippen LogP contribution < -0.4 is 9.47 Å². The molecule has 90 valence electrons. The lowest BCUT2D eigenvalue weighted by Crippen LogP contribution is -2.15. The number of nitrogens with zero attached hydrogens (tertiary/aromatic N) is 2. The number of aryl methyl sites for hydroxylation is 1. The molecule has 0 amide bonds. The van der Waals surface area contributed by atoms with Crippen LogP contribution in [-0.4, -0.2) is 18.2 Å². The Hall–Kier alpha value is -2.06. The third-order valence-corrected chi connectivity index (χ3v) is 3.71. The Balaban J connectivity index is 2.04.